The van der Waals surface area contributed by atoms with Gasteiger partial charge in [0.1, 0.15) is 11.0 Å². The molecule has 4 nitrogen and oxygen atoms in total. The van der Waals surface area contributed by atoms with Crippen LogP contribution in [0.25, 0.3) is 0 Å². The van der Waals surface area contributed by atoms with Gasteiger partial charge in [-0.15, -0.1) is 0 Å². The maximum absolute atomic E-state index is 9.21. The summed E-state index contributed by atoms with van der Waals surface area (Å²) in [6, 6.07) is 1.63. The second-order valence-electron chi connectivity index (χ2n) is 3.74. The molecular weight excluding hydrogens is 246 g/mol. The number of hydrogen-bond donors (Lipinski definition) is 2. The molecule has 0 spiro atoms. The molecule has 1 atom stereocenters. The average molecular weight is 262 g/mol. The van der Waals surface area contributed by atoms with Crippen molar-refractivity contribution in [2.24, 2.45) is 5.92 Å². The van der Waals surface area contributed by atoms with Gasteiger partial charge in [0.2, 0.25) is 0 Å². The van der Waals surface area contributed by atoms with Crippen LogP contribution in [0.1, 0.15) is 13.8 Å². The Hall–Kier alpha value is -0.520. The molecule has 0 unspecified atom stereocenters. The van der Waals surface area contributed by atoms with Crippen molar-refractivity contribution >= 4 is 29.2 Å². The highest BCUT2D eigenvalue weighted by molar-refractivity contribution is 7.98. The molecule has 0 saturated carbocycles. The van der Waals surface area contributed by atoms with E-state index >= 15 is 0 Å². The molecule has 0 saturated heterocycles. The third kappa shape index (κ3) is 3.81. The van der Waals surface area contributed by atoms with Crippen molar-refractivity contribution in [1.82, 2.24) is 9.97 Å². The van der Waals surface area contributed by atoms with Crippen molar-refractivity contribution < 1.29 is 5.11 Å². The Morgan fingerprint density at radius 1 is 1.50 bits per heavy atom. The maximum atomic E-state index is 9.21. The van der Waals surface area contributed by atoms with Gasteiger partial charge in [-0.05, 0) is 12.2 Å². The number of rotatable bonds is 5. The lowest BCUT2D eigenvalue weighted by Gasteiger charge is -2.20. The van der Waals surface area contributed by atoms with Gasteiger partial charge in [-0.25, -0.2) is 9.97 Å². The van der Waals surface area contributed by atoms with Crippen LogP contribution in [0.2, 0.25) is 5.15 Å². The van der Waals surface area contributed by atoms with Crippen molar-refractivity contribution in [2.45, 2.75) is 25.0 Å². The Labute approximate surface area is 105 Å². The van der Waals surface area contributed by atoms with E-state index < -0.39 is 0 Å². The number of aromatic nitrogens is 2. The molecule has 16 heavy (non-hydrogen) atoms. The molecule has 0 aliphatic heterocycles. The van der Waals surface area contributed by atoms with E-state index in [0.717, 1.165) is 0 Å². The van der Waals surface area contributed by atoms with E-state index in [2.05, 4.69) is 15.3 Å². The number of halogens is 1. The first-order valence-electron chi connectivity index (χ1n) is 5.02. The lowest BCUT2D eigenvalue weighted by molar-refractivity contribution is 0.249. The molecule has 2 N–H and O–H groups in total. The number of nitrogens with one attached hydrogen (secondary N) is 1. The third-order valence-electron chi connectivity index (χ3n) is 2.19. The summed E-state index contributed by atoms with van der Waals surface area (Å²) in [4.78, 5) is 8.31. The van der Waals surface area contributed by atoms with Crippen LogP contribution in [0.4, 0.5) is 5.82 Å². The molecule has 0 aliphatic rings. The van der Waals surface area contributed by atoms with Crippen LogP contribution in [-0.2, 0) is 0 Å². The van der Waals surface area contributed by atoms with Crippen molar-refractivity contribution in [1.29, 1.82) is 0 Å². The van der Waals surface area contributed by atoms with Gasteiger partial charge in [0.05, 0.1) is 12.6 Å². The monoisotopic (exact) mass is 261 g/mol. The molecule has 0 bridgehead atoms. The summed E-state index contributed by atoms with van der Waals surface area (Å²) < 4.78 is 0. The molecule has 0 aliphatic carbocycles. The van der Waals surface area contributed by atoms with Crippen molar-refractivity contribution in [3.05, 3.63) is 11.2 Å². The van der Waals surface area contributed by atoms with Crippen LogP contribution in [0.5, 0.6) is 0 Å². The predicted octanol–water partition coefficient (Wildman–Crippen LogP) is 2.28. The smallest absolute Gasteiger partial charge is 0.190 e. The molecule has 0 aromatic carbocycles. The highest BCUT2D eigenvalue weighted by Crippen LogP contribution is 2.18. The first-order chi connectivity index (χ1) is 7.56. The van der Waals surface area contributed by atoms with Gasteiger partial charge >= 0.3 is 0 Å². The molecule has 1 aromatic heterocycles. The van der Waals surface area contributed by atoms with E-state index in [4.69, 9.17) is 11.6 Å². The molecule has 0 radical (unpaired) electrons. The molecule has 1 heterocycles. The number of thioether (sulfide) groups is 1. The van der Waals surface area contributed by atoms with Crippen LogP contribution in [0.3, 0.4) is 0 Å². The fourth-order valence-electron chi connectivity index (χ4n) is 1.18. The zero-order chi connectivity index (χ0) is 12.1. The zero-order valence-electron chi connectivity index (χ0n) is 9.57. The number of hydrogen-bond acceptors (Lipinski definition) is 5. The highest BCUT2D eigenvalue weighted by atomic mass is 35.5. The van der Waals surface area contributed by atoms with Gasteiger partial charge in [-0.1, -0.05) is 37.2 Å². The van der Waals surface area contributed by atoms with Gasteiger partial charge in [-0.2, -0.15) is 0 Å². The summed E-state index contributed by atoms with van der Waals surface area (Å²) in [5.41, 5.74) is 0. The van der Waals surface area contributed by atoms with Gasteiger partial charge in [0.25, 0.3) is 0 Å². The fraction of sp³-hybridized carbons (Fsp3) is 0.600. The normalized spacial score (nSPS) is 12.9. The maximum Gasteiger partial charge on any atom is 0.190 e. The van der Waals surface area contributed by atoms with Crippen LogP contribution in [-0.4, -0.2) is 34.0 Å². The minimum Gasteiger partial charge on any atom is -0.394 e. The summed E-state index contributed by atoms with van der Waals surface area (Å²) in [7, 11) is 0. The Bertz CT molecular complexity index is 349. The van der Waals surface area contributed by atoms with Gasteiger partial charge in [0, 0.05) is 6.07 Å². The first kappa shape index (κ1) is 13.5. The van der Waals surface area contributed by atoms with Crippen LogP contribution < -0.4 is 5.32 Å². The van der Waals surface area contributed by atoms with E-state index in [9.17, 15) is 5.11 Å². The Morgan fingerprint density at radius 3 is 2.69 bits per heavy atom. The minimum atomic E-state index is -0.0272. The van der Waals surface area contributed by atoms with Crippen molar-refractivity contribution in [3.8, 4) is 0 Å². The minimum absolute atomic E-state index is 0.0272. The number of aliphatic hydroxyl groups is 1. The third-order valence-corrected chi connectivity index (χ3v) is 2.93. The lowest BCUT2D eigenvalue weighted by Crippen LogP contribution is -2.29. The number of aliphatic hydroxyl groups excluding tert-OH is 1. The zero-order valence-corrected chi connectivity index (χ0v) is 11.1. The summed E-state index contributed by atoms with van der Waals surface area (Å²) in [6.07, 6.45) is 1.89. The van der Waals surface area contributed by atoms with Gasteiger partial charge in [-0.3, -0.25) is 0 Å². The molecule has 1 aromatic rings. The topological polar surface area (TPSA) is 58.0 Å². The molecule has 0 amide bonds. The fourth-order valence-corrected chi connectivity index (χ4v) is 1.79. The predicted molar refractivity (Wildman–Crippen MR) is 68.2 cm³/mol. The standard InChI is InChI=1S/C10H16ClN3OS/c1-6(2)7(5-15)12-9-4-8(11)13-10(14-9)16-3/h4,6-7,15H,5H2,1-3H3,(H,12,13,14)/t7-/m1/s1. The van der Waals surface area contributed by atoms with E-state index in [1.807, 2.05) is 20.1 Å². The largest absolute Gasteiger partial charge is 0.394 e. The first-order valence-corrected chi connectivity index (χ1v) is 6.63. The van der Waals surface area contributed by atoms with E-state index in [1.54, 1.807) is 6.07 Å². The van der Waals surface area contributed by atoms with Crippen molar-refractivity contribution in [2.75, 3.05) is 18.2 Å². The van der Waals surface area contributed by atoms with Crippen molar-refractivity contribution in [3.63, 3.8) is 0 Å². The molecule has 90 valence electrons. The second-order valence-corrected chi connectivity index (χ2v) is 4.90. The summed E-state index contributed by atoms with van der Waals surface area (Å²) in [5, 5.41) is 13.4. The Kier molecular flexibility index (Phi) is 5.31. The van der Waals surface area contributed by atoms with E-state index in [1.165, 1.54) is 11.8 Å². The summed E-state index contributed by atoms with van der Waals surface area (Å²) in [6.45, 7) is 4.13. The second kappa shape index (κ2) is 6.27. The van der Waals surface area contributed by atoms with Crippen LogP contribution >= 0.6 is 23.4 Å². The van der Waals surface area contributed by atoms with Crippen LogP contribution in [0, 0.1) is 5.92 Å². The molecular formula is C10H16ClN3OS. The molecule has 6 heteroatoms. The number of anilines is 1. The summed E-state index contributed by atoms with van der Waals surface area (Å²) >= 11 is 7.30. The molecule has 1 rings (SSSR count). The summed E-state index contributed by atoms with van der Waals surface area (Å²) in [5.74, 6) is 0.966. The van der Waals surface area contributed by atoms with E-state index in [-0.39, 0.29) is 12.6 Å². The van der Waals surface area contributed by atoms with Crippen LogP contribution in [0.15, 0.2) is 11.2 Å². The number of nitrogens with zero attached hydrogens (tertiary/aromatic N) is 2. The quantitative estimate of drug-likeness (QED) is 0.484. The average Bonchev–Trinajstić information content (AvgIpc) is 2.24. The lowest BCUT2D eigenvalue weighted by atomic mass is 10.1. The van der Waals surface area contributed by atoms with Gasteiger partial charge < -0.3 is 10.4 Å². The van der Waals surface area contributed by atoms with E-state index in [0.29, 0.717) is 22.0 Å². The Balaban J connectivity index is 2.83. The highest BCUT2D eigenvalue weighted by Gasteiger charge is 2.13. The SMILES string of the molecule is CSc1nc(Cl)cc(N[C@H](CO)C(C)C)n1. The van der Waals surface area contributed by atoms with Gasteiger partial charge in [0.15, 0.2) is 5.16 Å². The molecule has 0 fully saturated rings. The Morgan fingerprint density at radius 2 is 2.19 bits per heavy atom.